The lowest BCUT2D eigenvalue weighted by atomic mass is 9.87. The van der Waals surface area contributed by atoms with Gasteiger partial charge in [0, 0.05) is 43.7 Å². The molecule has 0 aromatic heterocycles. The van der Waals surface area contributed by atoms with Gasteiger partial charge in [0.15, 0.2) is 0 Å². The lowest BCUT2D eigenvalue weighted by molar-refractivity contribution is -0.121. The first kappa shape index (κ1) is 25.1. The molecule has 0 saturated heterocycles. The van der Waals surface area contributed by atoms with E-state index < -0.39 is 0 Å². The number of amides is 3. The molecule has 0 unspecified atom stereocenters. The zero-order valence-electron chi connectivity index (χ0n) is 20.0. The van der Waals surface area contributed by atoms with Crippen molar-refractivity contribution in [3.05, 3.63) is 70.8 Å². The van der Waals surface area contributed by atoms with Gasteiger partial charge >= 0.3 is 0 Å². The third-order valence-electron chi connectivity index (χ3n) is 5.44. The molecule has 2 aromatic rings. The minimum atomic E-state index is -0.190. The molecule has 0 atom stereocenters. The maximum atomic E-state index is 12.3. The Morgan fingerprint density at radius 1 is 0.875 bits per heavy atom. The molecule has 0 aliphatic heterocycles. The van der Waals surface area contributed by atoms with Gasteiger partial charge in [-0.3, -0.25) is 14.4 Å². The summed E-state index contributed by atoms with van der Waals surface area (Å²) in [5.41, 5.74) is 3.31. The first-order chi connectivity index (χ1) is 15.0. The van der Waals surface area contributed by atoms with Gasteiger partial charge in [0.25, 0.3) is 11.8 Å². The van der Waals surface area contributed by atoms with Crippen molar-refractivity contribution in [1.29, 1.82) is 0 Å². The summed E-state index contributed by atoms with van der Waals surface area (Å²) in [6.45, 7) is 10.9. The van der Waals surface area contributed by atoms with Crippen LogP contribution in [0.1, 0.15) is 72.9 Å². The first-order valence-electron chi connectivity index (χ1n) is 11.0. The van der Waals surface area contributed by atoms with Crippen molar-refractivity contribution in [2.45, 2.75) is 59.0 Å². The van der Waals surface area contributed by atoms with Crippen LogP contribution in [0.2, 0.25) is 0 Å². The van der Waals surface area contributed by atoms with E-state index in [1.807, 2.05) is 50.2 Å². The average molecular weight is 438 g/mol. The summed E-state index contributed by atoms with van der Waals surface area (Å²) in [7, 11) is 1.78. The molecule has 0 spiro atoms. The molecular weight excluding hydrogens is 402 g/mol. The smallest absolute Gasteiger partial charge is 0.253 e. The average Bonchev–Trinajstić information content (AvgIpc) is 2.76. The van der Waals surface area contributed by atoms with Crippen molar-refractivity contribution in [3.63, 3.8) is 0 Å². The molecule has 6 heteroatoms. The number of nitrogens with one attached hydrogen (secondary N) is 2. The summed E-state index contributed by atoms with van der Waals surface area (Å²) < 4.78 is 0. The fourth-order valence-electron chi connectivity index (χ4n) is 3.01. The van der Waals surface area contributed by atoms with E-state index in [-0.39, 0.29) is 42.1 Å². The van der Waals surface area contributed by atoms with Crippen molar-refractivity contribution < 1.29 is 14.4 Å². The van der Waals surface area contributed by atoms with Crippen LogP contribution < -0.4 is 10.6 Å². The van der Waals surface area contributed by atoms with Crippen LogP contribution in [-0.4, -0.2) is 42.3 Å². The summed E-state index contributed by atoms with van der Waals surface area (Å²) in [5, 5.41) is 5.62. The van der Waals surface area contributed by atoms with E-state index in [2.05, 4.69) is 31.4 Å². The highest BCUT2D eigenvalue weighted by atomic mass is 16.2. The predicted molar refractivity (Wildman–Crippen MR) is 128 cm³/mol. The quantitative estimate of drug-likeness (QED) is 0.657. The molecule has 0 aliphatic rings. The standard InChI is InChI=1S/C26H35N3O3/c1-18(2)29(6)25(32)21-9-7-19(8-10-21)17-28-23(30)15-16-27-24(31)20-11-13-22(14-12-20)26(3,4)5/h7-14,18H,15-17H2,1-6H3,(H,27,31)(H,28,30). The van der Waals surface area contributed by atoms with Crippen LogP contribution in [0.25, 0.3) is 0 Å². The maximum absolute atomic E-state index is 12.3. The Bertz CT molecular complexity index is 926. The minimum absolute atomic E-state index is 0.0284. The molecule has 32 heavy (non-hydrogen) atoms. The summed E-state index contributed by atoms with van der Waals surface area (Å²) in [6.07, 6.45) is 0.196. The molecule has 0 bridgehead atoms. The Morgan fingerprint density at radius 3 is 1.97 bits per heavy atom. The van der Waals surface area contributed by atoms with Gasteiger partial charge in [-0.2, -0.15) is 0 Å². The summed E-state index contributed by atoms with van der Waals surface area (Å²) >= 11 is 0. The number of hydrogen-bond acceptors (Lipinski definition) is 3. The molecule has 2 rings (SSSR count). The van der Waals surface area contributed by atoms with E-state index in [9.17, 15) is 14.4 Å². The zero-order chi connectivity index (χ0) is 23.9. The Balaban J connectivity index is 1.75. The van der Waals surface area contributed by atoms with Crippen LogP contribution >= 0.6 is 0 Å². The third-order valence-corrected chi connectivity index (χ3v) is 5.44. The second kappa shape index (κ2) is 10.9. The molecule has 2 N–H and O–H groups in total. The van der Waals surface area contributed by atoms with E-state index in [0.29, 0.717) is 17.7 Å². The molecule has 0 saturated carbocycles. The largest absolute Gasteiger partial charge is 0.352 e. The van der Waals surface area contributed by atoms with Gasteiger partial charge in [-0.15, -0.1) is 0 Å². The Kier molecular flexibility index (Phi) is 8.58. The van der Waals surface area contributed by atoms with Gasteiger partial charge < -0.3 is 15.5 Å². The highest BCUT2D eigenvalue weighted by Gasteiger charge is 2.15. The van der Waals surface area contributed by atoms with E-state index >= 15 is 0 Å². The molecule has 6 nitrogen and oxygen atoms in total. The van der Waals surface area contributed by atoms with Crippen LogP contribution in [-0.2, 0) is 16.8 Å². The van der Waals surface area contributed by atoms with Crippen molar-refractivity contribution >= 4 is 17.7 Å². The molecule has 0 heterocycles. The summed E-state index contributed by atoms with van der Waals surface area (Å²) in [4.78, 5) is 38.4. The molecule has 2 aromatic carbocycles. The topological polar surface area (TPSA) is 78.5 Å². The molecule has 0 aliphatic carbocycles. The number of nitrogens with zero attached hydrogens (tertiary/aromatic N) is 1. The van der Waals surface area contributed by atoms with Gasteiger partial charge in [-0.05, 0) is 54.7 Å². The highest BCUT2D eigenvalue weighted by Crippen LogP contribution is 2.22. The Morgan fingerprint density at radius 2 is 1.44 bits per heavy atom. The lowest BCUT2D eigenvalue weighted by Gasteiger charge is -2.21. The van der Waals surface area contributed by atoms with Crippen LogP contribution in [0.5, 0.6) is 0 Å². The predicted octanol–water partition coefficient (Wildman–Crippen LogP) is 3.90. The molecular formula is C26H35N3O3. The van der Waals surface area contributed by atoms with Gasteiger partial charge in [0.05, 0.1) is 0 Å². The molecule has 0 radical (unpaired) electrons. The number of hydrogen-bond donors (Lipinski definition) is 2. The van der Waals surface area contributed by atoms with Crippen molar-refractivity contribution in [2.75, 3.05) is 13.6 Å². The monoisotopic (exact) mass is 437 g/mol. The van der Waals surface area contributed by atoms with Crippen molar-refractivity contribution in [1.82, 2.24) is 15.5 Å². The van der Waals surface area contributed by atoms with E-state index in [1.54, 1.807) is 24.1 Å². The van der Waals surface area contributed by atoms with Gasteiger partial charge in [0.2, 0.25) is 5.91 Å². The number of benzene rings is 2. The number of rotatable bonds is 8. The van der Waals surface area contributed by atoms with Crippen molar-refractivity contribution in [2.24, 2.45) is 0 Å². The van der Waals surface area contributed by atoms with Gasteiger partial charge in [-0.25, -0.2) is 0 Å². The van der Waals surface area contributed by atoms with E-state index in [1.165, 1.54) is 0 Å². The van der Waals surface area contributed by atoms with Crippen LogP contribution in [0.15, 0.2) is 48.5 Å². The fraction of sp³-hybridized carbons (Fsp3) is 0.423. The summed E-state index contributed by atoms with van der Waals surface area (Å²) in [6, 6.07) is 14.9. The zero-order valence-corrected chi connectivity index (χ0v) is 20.0. The molecule has 3 amide bonds. The normalized spacial score (nSPS) is 11.2. The SMILES string of the molecule is CC(C)N(C)C(=O)c1ccc(CNC(=O)CCNC(=O)c2ccc(C(C)(C)C)cc2)cc1. The lowest BCUT2D eigenvalue weighted by Crippen LogP contribution is -2.33. The van der Waals surface area contributed by atoms with Gasteiger partial charge in [0.1, 0.15) is 0 Å². The van der Waals surface area contributed by atoms with Crippen molar-refractivity contribution in [3.8, 4) is 0 Å². The first-order valence-corrected chi connectivity index (χ1v) is 11.0. The van der Waals surface area contributed by atoms with Crippen LogP contribution in [0, 0.1) is 0 Å². The van der Waals surface area contributed by atoms with Crippen LogP contribution in [0.3, 0.4) is 0 Å². The second-order valence-electron chi connectivity index (χ2n) is 9.32. The molecule has 172 valence electrons. The highest BCUT2D eigenvalue weighted by molar-refractivity contribution is 5.95. The number of carbonyl (C=O) groups excluding carboxylic acids is 3. The van der Waals surface area contributed by atoms with E-state index in [0.717, 1.165) is 11.1 Å². The number of carbonyl (C=O) groups is 3. The Hall–Kier alpha value is -3.15. The maximum Gasteiger partial charge on any atom is 0.253 e. The van der Waals surface area contributed by atoms with Crippen LogP contribution in [0.4, 0.5) is 0 Å². The second-order valence-corrected chi connectivity index (χ2v) is 9.32. The molecule has 0 fully saturated rings. The van der Waals surface area contributed by atoms with Gasteiger partial charge in [-0.1, -0.05) is 45.0 Å². The minimum Gasteiger partial charge on any atom is -0.352 e. The summed E-state index contributed by atoms with van der Waals surface area (Å²) in [5.74, 6) is -0.364. The fourth-order valence-corrected chi connectivity index (χ4v) is 3.01. The van der Waals surface area contributed by atoms with E-state index in [4.69, 9.17) is 0 Å². The third kappa shape index (κ3) is 7.22. The Labute approximate surface area is 191 Å².